The third-order valence-electron chi connectivity index (χ3n) is 4.31. The number of benzene rings is 3. The lowest BCUT2D eigenvalue weighted by Crippen LogP contribution is -2.31. The Morgan fingerprint density at radius 3 is 2.21 bits per heavy atom. The van der Waals surface area contributed by atoms with Gasteiger partial charge in [0.25, 0.3) is 5.91 Å². The van der Waals surface area contributed by atoms with Gasteiger partial charge in [-0.15, -0.1) is 0 Å². The maximum Gasteiger partial charge on any atom is 0.254 e. The SMILES string of the molecule is Cc1cc(-c2ccccc2)cc(C(=O)NCCS(=O)(=O)Nc2ccccc2)c1F. The van der Waals surface area contributed by atoms with E-state index in [4.69, 9.17) is 0 Å². The number of sulfonamides is 1. The molecule has 0 heterocycles. The summed E-state index contributed by atoms with van der Waals surface area (Å²) >= 11 is 0. The molecule has 1 amide bonds. The van der Waals surface area contributed by atoms with Crippen LogP contribution >= 0.6 is 0 Å². The molecule has 0 aliphatic heterocycles. The van der Waals surface area contributed by atoms with Gasteiger partial charge in [-0.2, -0.15) is 0 Å². The smallest absolute Gasteiger partial charge is 0.254 e. The molecule has 2 N–H and O–H groups in total. The highest BCUT2D eigenvalue weighted by molar-refractivity contribution is 7.92. The van der Waals surface area contributed by atoms with E-state index in [-0.39, 0.29) is 17.9 Å². The number of hydrogen-bond donors (Lipinski definition) is 2. The molecule has 3 aromatic rings. The number of rotatable bonds is 7. The second kappa shape index (κ2) is 8.87. The van der Waals surface area contributed by atoms with Crippen LogP contribution in [0.3, 0.4) is 0 Å². The Labute approximate surface area is 169 Å². The van der Waals surface area contributed by atoms with Crippen molar-refractivity contribution in [1.29, 1.82) is 0 Å². The average Bonchev–Trinajstić information content (AvgIpc) is 2.70. The van der Waals surface area contributed by atoms with E-state index in [2.05, 4.69) is 10.0 Å². The standard InChI is InChI=1S/C22H21FN2O3S/c1-16-14-18(17-8-4-2-5-9-17)15-20(21(16)23)22(26)24-12-13-29(27,28)25-19-10-6-3-7-11-19/h2-11,14-15,25H,12-13H2,1H3,(H,24,26). The van der Waals surface area contributed by atoms with Crippen LogP contribution in [0.25, 0.3) is 11.1 Å². The number of nitrogens with one attached hydrogen (secondary N) is 2. The van der Waals surface area contributed by atoms with Gasteiger partial charge >= 0.3 is 0 Å². The van der Waals surface area contributed by atoms with E-state index in [1.54, 1.807) is 43.3 Å². The summed E-state index contributed by atoms with van der Waals surface area (Å²) in [4.78, 5) is 12.5. The van der Waals surface area contributed by atoms with E-state index in [0.717, 1.165) is 5.56 Å². The van der Waals surface area contributed by atoms with Gasteiger partial charge < -0.3 is 5.32 Å². The summed E-state index contributed by atoms with van der Waals surface area (Å²) in [6.07, 6.45) is 0. The van der Waals surface area contributed by atoms with Crippen LogP contribution in [0, 0.1) is 12.7 Å². The van der Waals surface area contributed by atoms with E-state index < -0.39 is 21.7 Å². The molecule has 0 radical (unpaired) electrons. The molecule has 0 aliphatic rings. The molecule has 0 unspecified atom stereocenters. The van der Waals surface area contributed by atoms with Gasteiger partial charge in [-0.3, -0.25) is 9.52 Å². The van der Waals surface area contributed by atoms with Crippen molar-refractivity contribution >= 4 is 21.6 Å². The molecule has 0 bridgehead atoms. The zero-order chi connectivity index (χ0) is 20.9. The minimum atomic E-state index is -3.64. The molecular weight excluding hydrogens is 391 g/mol. The molecule has 0 spiro atoms. The fraction of sp³-hybridized carbons (Fsp3) is 0.136. The fourth-order valence-electron chi connectivity index (χ4n) is 2.86. The molecule has 29 heavy (non-hydrogen) atoms. The van der Waals surface area contributed by atoms with Gasteiger partial charge in [-0.25, -0.2) is 12.8 Å². The van der Waals surface area contributed by atoms with Crippen molar-refractivity contribution in [2.75, 3.05) is 17.0 Å². The Hall–Kier alpha value is -3.19. The Morgan fingerprint density at radius 1 is 0.931 bits per heavy atom. The minimum absolute atomic E-state index is 0.114. The molecule has 0 saturated carbocycles. The van der Waals surface area contributed by atoms with Gasteiger partial charge in [0.1, 0.15) is 5.82 Å². The van der Waals surface area contributed by atoms with Crippen LogP contribution in [0.15, 0.2) is 72.8 Å². The summed E-state index contributed by atoms with van der Waals surface area (Å²) in [6.45, 7) is 1.45. The van der Waals surface area contributed by atoms with Crippen LogP contribution in [0.5, 0.6) is 0 Å². The Morgan fingerprint density at radius 2 is 1.55 bits per heavy atom. The topological polar surface area (TPSA) is 75.3 Å². The highest BCUT2D eigenvalue weighted by atomic mass is 32.2. The van der Waals surface area contributed by atoms with Crippen molar-refractivity contribution in [1.82, 2.24) is 5.32 Å². The summed E-state index contributed by atoms with van der Waals surface area (Å²) in [7, 11) is -3.64. The molecular formula is C22H21FN2O3S. The quantitative estimate of drug-likeness (QED) is 0.617. The van der Waals surface area contributed by atoms with Crippen LogP contribution in [-0.2, 0) is 10.0 Å². The lowest BCUT2D eigenvalue weighted by atomic mass is 9.99. The number of carbonyl (C=O) groups excluding carboxylic acids is 1. The van der Waals surface area contributed by atoms with E-state index in [9.17, 15) is 17.6 Å². The van der Waals surface area contributed by atoms with Gasteiger partial charge in [-0.1, -0.05) is 48.5 Å². The molecule has 0 saturated heterocycles. The maximum atomic E-state index is 14.5. The van der Waals surface area contributed by atoms with Crippen LogP contribution in [-0.4, -0.2) is 26.6 Å². The summed E-state index contributed by atoms with van der Waals surface area (Å²) in [5, 5.41) is 2.49. The maximum absolute atomic E-state index is 14.5. The fourth-order valence-corrected chi connectivity index (χ4v) is 3.83. The van der Waals surface area contributed by atoms with E-state index in [1.807, 2.05) is 30.3 Å². The van der Waals surface area contributed by atoms with E-state index in [1.165, 1.54) is 6.07 Å². The lowest BCUT2D eigenvalue weighted by molar-refractivity contribution is 0.0952. The molecule has 0 aromatic heterocycles. The number of hydrogen-bond acceptors (Lipinski definition) is 3. The number of anilines is 1. The molecule has 150 valence electrons. The third kappa shape index (κ3) is 5.42. The summed E-state index contributed by atoms with van der Waals surface area (Å²) in [6, 6.07) is 20.9. The summed E-state index contributed by atoms with van der Waals surface area (Å²) in [5.74, 6) is -1.60. The monoisotopic (exact) mass is 412 g/mol. The first kappa shape index (κ1) is 20.5. The molecule has 0 atom stereocenters. The van der Waals surface area contributed by atoms with E-state index in [0.29, 0.717) is 16.8 Å². The normalized spacial score (nSPS) is 11.1. The minimum Gasteiger partial charge on any atom is -0.351 e. The van der Waals surface area contributed by atoms with Gasteiger partial charge in [0.2, 0.25) is 10.0 Å². The molecule has 3 rings (SSSR count). The number of halogens is 1. The molecule has 0 fully saturated rings. The first-order chi connectivity index (χ1) is 13.9. The number of aryl methyl sites for hydroxylation is 1. The number of amides is 1. The predicted molar refractivity (Wildman–Crippen MR) is 113 cm³/mol. The van der Waals surface area contributed by atoms with Crippen molar-refractivity contribution in [3.8, 4) is 11.1 Å². The molecule has 7 heteroatoms. The Kier molecular flexibility index (Phi) is 6.29. The van der Waals surface area contributed by atoms with Gasteiger partial charge in [-0.05, 0) is 47.9 Å². The van der Waals surface area contributed by atoms with Crippen molar-refractivity contribution < 1.29 is 17.6 Å². The molecule has 3 aromatic carbocycles. The highest BCUT2D eigenvalue weighted by Crippen LogP contribution is 2.24. The van der Waals surface area contributed by atoms with Crippen LogP contribution in [0.1, 0.15) is 15.9 Å². The van der Waals surface area contributed by atoms with E-state index >= 15 is 0 Å². The Bertz CT molecular complexity index is 1100. The second-order valence-electron chi connectivity index (χ2n) is 6.56. The van der Waals surface area contributed by atoms with Crippen molar-refractivity contribution in [2.24, 2.45) is 0 Å². The van der Waals surface area contributed by atoms with Gasteiger partial charge in [0.05, 0.1) is 11.3 Å². The average molecular weight is 412 g/mol. The number of para-hydroxylation sites is 1. The van der Waals surface area contributed by atoms with Gasteiger partial charge in [0, 0.05) is 12.2 Å². The number of carbonyl (C=O) groups is 1. The summed E-state index contributed by atoms with van der Waals surface area (Å²) < 4.78 is 41.2. The van der Waals surface area contributed by atoms with Crippen molar-refractivity contribution in [3.05, 3.63) is 89.7 Å². The van der Waals surface area contributed by atoms with Crippen molar-refractivity contribution in [2.45, 2.75) is 6.92 Å². The molecule has 5 nitrogen and oxygen atoms in total. The lowest BCUT2D eigenvalue weighted by Gasteiger charge is -2.12. The molecule has 0 aliphatic carbocycles. The van der Waals surface area contributed by atoms with Gasteiger partial charge in [0.15, 0.2) is 0 Å². The van der Waals surface area contributed by atoms with Crippen molar-refractivity contribution in [3.63, 3.8) is 0 Å². The first-order valence-corrected chi connectivity index (χ1v) is 10.7. The highest BCUT2D eigenvalue weighted by Gasteiger charge is 2.17. The predicted octanol–water partition coefficient (Wildman–Crippen LogP) is 3.97. The summed E-state index contributed by atoms with van der Waals surface area (Å²) in [5.41, 5.74) is 2.25. The van der Waals surface area contributed by atoms with Crippen LogP contribution in [0.2, 0.25) is 0 Å². The van der Waals surface area contributed by atoms with Crippen LogP contribution < -0.4 is 10.0 Å². The van der Waals surface area contributed by atoms with Crippen LogP contribution in [0.4, 0.5) is 10.1 Å². The zero-order valence-electron chi connectivity index (χ0n) is 15.9. The Balaban J connectivity index is 1.68. The zero-order valence-corrected chi connectivity index (χ0v) is 16.7. The third-order valence-corrected chi connectivity index (χ3v) is 5.60. The second-order valence-corrected chi connectivity index (χ2v) is 8.41. The largest absolute Gasteiger partial charge is 0.351 e. The first-order valence-electron chi connectivity index (χ1n) is 9.05.